The first kappa shape index (κ1) is 12.8. The van der Waals surface area contributed by atoms with Gasteiger partial charge in [-0.05, 0) is 59.7 Å². The highest BCUT2D eigenvalue weighted by Gasteiger charge is 2.41. The van der Waals surface area contributed by atoms with Crippen molar-refractivity contribution >= 4 is 5.91 Å². The molecule has 4 nitrogen and oxygen atoms in total. The Hall–Kier alpha value is -0.610. The van der Waals surface area contributed by atoms with E-state index >= 15 is 0 Å². The number of likely N-dealkylation sites (N-methyl/N-ethyl adjacent to an activating group) is 1. The highest BCUT2D eigenvalue weighted by atomic mass is 16.2. The fourth-order valence-electron chi connectivity index (χ4n) is 2.90. The zero-order valence-corrected chi connectivity index (χ0v) is 11.3. The minimum atomic E-state index is -0.336. The van der Waals surface area contributed by atoms with E-state index in [1.165, 1.54) is 19.3 Å². The van der Waals surface area contributed by atoms with E-state index in [4.69, 9.17) is 0 Å². The molecule has 2 N–H and O–H groups in total. The molecule has 2 rings (SSSR count). The van der Waals surface area contributed by atoms with E-state index in [1.807, 2.05) is 6.92 Å². The van der Waals surface area contributed by atoms with Crippen LogP contribution in [0.25, 0.3) is 0 Å². The molecule has 1 aliphatic heterocycles. The second kappa shape index (κ2) is 4.58. The molecule has 1 amide bonds. The Bertz CT molecular complexity index is 291. The van der Waals surface area contributed by atoms with Gasteiger partial charge in [-0.2, -0.15) is 0 Å². The summed E-state index contributed by atoms with van der Waals surface area (Å²) in [6, 6.07) is 0. The van der Waals surface area contributed by atoms with Crippen molar-refractivity contribution in [3.63, 3.8) is 0 Å². The van der Waals surface area contributed by atoms with E-state index in [-0.39, 0.29) is 17.0 Å². The van der Waals surface area contributed by atoms with Crippen LogP contribution in [0.4, 0.5) is 0 Å². The number of hydrogen-bond donors (Lipinski definition) is 2. The van der Waals surface area contributed by atoms with Crippen LogP contribution in [0.5, 0.6) is 0 Å². The summed E-state index contributed by atoms with van der Waals surface area (Å²) < 4.78 is 0. The second-order valence-electron chi connectivity index (χ2n) is 6.02. The van der Waals surface area contributed by atoms with Gasteiger partial charge in [-0.15, -0.1) is 0 Å². The Morgan fingerprint density at radius 1 is 1.29 bits per heavy atom. The molecular weight excluding hydrogens is 214 g/mol. The van der Waals surface area contributed by atoms with Crippen LogP contribution in [0.1, 0.15) is 39.0 Å². The lowest BCUT2D eigenvalue weighted by Crippen LogP contribution is -2.60. The number of amides is 1. The number of nitrogens with one attached hydrogen (secondary N) is 2. The molecule has 1 saturated carbocycles. The molecule has 2 fully saturated rings. The fraction of sp³-hybridized carbons (Fsp3) is 0.923. The van der Waals surface area contributed by atoms with Gasteiger partial charge in [0.2, 0.25) is 5.91 Å². The van der Waals surface area contributed by atoms with Crippen molar-refractivity contribution in [2.75, 3.05) is 27.2 Å². The first-order valence-corrected chi connectivity index (χ1v) is 6.69. The topological polar surface area (TPSA) is 44.4 Å². The Labute approximate surface area is 104 Å². The minimum absolute atomic E-state index is 0.170. The molecule has 4 heteroatoms. The first-order valence-electron chi connectivity index (χ1n) is 6.69. The lowest BCUT2D eigenvalue weighted by Gasteiger charge is -2.47. The third kappa shape index (κ3) is 2.33. The molecule has 0 aromatic rings. The van der Waals surface area contributed by atoms with Crippen LogP contribution >= 0.6 is 0 Å². The average Bonchev–Trinajstić information content (AvgIpc) is 2.64. The molecule has 0 bridgehead atoms. The molecule has 0 aromatic carbocycles. The largest absolute Gasteiger partial charge is 0.353 e. The third-order valence-electron chi connectivity index (χ3n) is 4.68. The van der Waals surface area contributed by atoms with E-state index in [2.05, 4.69) is 29.6 Å². The molecule has 1 atom stereocenters. The van der Waals surface area contributed by atoms with E-state index in [0.29, 0.717) is 0 Å². The normalized spacial score (nSPS) is 31.3. The highest BCUT2D eigenvalue weighted by molar-refractivity contribution is 5.86. The molecule has 1 aliphatic carbocycles. The molecule has 1 saturated heterocycles. The van der Waals surface area contributed by atoms with Gasteiger partial charge in [0.25, 0.3) is 0 Å². The van der Waals surface area contributed by atoms with Gasteiger partial charge in [-0.25, -0.2) is 0 Å². The molecule has 1 heterocycles. The minimum Gasteiger partial charge on any atom is -0.353 e. The van der Waals surface area contributed by atoms with Crippen molar-refractivity contribution in [3.05, 3.63) is 0 Å². The average molecular weight is 239 g/mol. The van der Waals surface area contributed by atoms with Crippen molar-refractivity contribution in [1.29, 1.82) is 0 Å². The maximum Gasteiger partial charge on any atom is 0.240 e. The van der Waals surface area contributed by atoms with E-state index in [0.717, 1.165) is 25.9 Å². The van der Waals surface area contributed by atoms with Crippen molar-refractivity contribution in [2.45, 2.75) is 50.1 Å². The second-order valence-corrected chi connectivity index (χ2v) is 6.02. The predicted molar refractivity (Wildman–Crippen MR) is 68.9 cm³/mol. The van der Waals surface area contributed by atoms with Gasteiger partial charge < -0.3 is 15.5 Å². The molecule has 0 radical (unpaired) electrons. The highest BCUT2D eigenvalue weighted by Crippen LogP contribution is 2.35. The monoisotopic (exact) mass is 239 g/mol. The van der Waals surface area contributed by atoms with Gasteiger partial charge in [-0.3, -0.25) is 4.79 Å². The van der Waals surface area contributed by atoms with Gasteiger partial charge >= 0.3 is 0 Å². The summed E-state index contributed by atoms with van der Waals surface area (Å²) in [5.41, 5.74) is -0.123. The van der Waals surface area contributed by atoms with Crippen LogP contribution in [0.3, 0.4) is 0 Å². The number of nitrogens with zero attached hydrogens (tertiary/aromatic N) is 1. The number of carbonyl (C=O) groups excluding carboxylic acids is 1. The molecule has 1 unspecified atom stereocenters. The molecular formula is C13H25N3O. The van der Waals surface area contributed by atoms with Gasteiger partial charge in [0.15, 0.2) is 0 Å². The summed E-state index contributed by atoms with van der Waals surface area (Å²) in [7, 11) is 4.22. The van der Waals surface area contributed by atoms with Crippen molar-refractivity contribution in [2.24, 2.45) is 0 Å². The Kier molecular flexibility index (Phi) is 3.46. The summed E-state index contributed by atoms with van der Waals surface area (Å²) in [5, 5.41) is 6.45. The van der Waals surface area contributed by atoms with Crippen LogP contribution in [0.2, 0.25) is 0 Å². The van der Waals surface area contributed by atoms with Crippen molar-refractivity contribution < 1.29 is 4.79 Å². The Morgan fingerprint density at radius 3 is 2.41 bits per heavy atom. The summed E-state index contributed by atoms with van der Waals surface area (Å²) >= 11 is 0. The predicted octanol–water partition coefficient (Wildman–Crippen LogP) is 0.729. The van der Waals surface area contributed by atoms with Gasteiger partial charge in [0.05, 0.1) is 5.54 Å². The molecule has 0 aromatic heterocycles. The van der Waals surface area contributed by atoms with Gasteiger partial charge in [0, 0.05) is 12.1 Å². The molecule has 0 spiro atoms. The summed E-state index contributed by atoms with van der Waals surface area (Å²) in [6.45, 7) is 3.76. The zero-order chi connectivity index (χ0) is 12.5. The summed E-state index contributed by atoms with van der Waals surface area (Å²) in [6.07, 6.45) is 5.73. The zero-order valence-electron chi connectivity index (χ0n) is 11.3. The first-order chi connectivity index (χ1) is 7.99. The van der Waals surface area contributed by atoms with Crippen LogP contribution < -0.4 is 10.6 Å². The SMILES string of the molecule is CN(C)C1(CNC(=O)C2(C)CCCN2)CCC1. The number of carbonyl (C=O) groups is 1. The lowest BCUT2D eigenvalue weighted by atomic mass is 9.75. The Morgan fingerprint density at radius 2 is 2.00 bits per heavy atom. The molecule has 2 aliphatic rings. The Balaban J connectivity index is 1.87. The van der Waals surface area contributed by atoms with Crippen molar-refractivity contribution in [3.8, 4) is 0 Å². The lowest BCUT2D eigenvalue weighted by molar-refractivity contribution is -0.127. The maximum atomic E-state index is 12.2. The fourth-order valence-corrected chi connectivity index (χ4v) is 2.90. The number of hydrogen-bond acceptors (Lipinski definition) is 3. The van der Waals surface area contributed by atoms with Gasteiger partial charge in [0.1, 0.15) is 0 Å². The third-order valence-corrected chi connectivity index (χ3v) is 4.68. The van der Waals surface area contributed by atoms with Crippen LogP contribution in [0, 0.1) is 0 Å². The van der Waals surface area contributed by atoms with Crippen LogP contribution in [-0.4, -0.2) is 49.1 Å². The molecule has 98 valence electrons. The van der Waals surface area contributed by atoms with Crippen molar-refractivity contribution in [1.82, 2.24) is 15.5 Å². The molecule has 17 heavy (non-hydrogen) atoms. The van der Waals surface area contributed by atoms with E-state index in [9.17, 15) is 4.79 Å². The number of rotatable bonds is 4. The smallest absolute Gasteiger partial charge is 0.240 e. The van der Waals surface area contributed by atoms with E-state index in [1.54, 1.807) is 0 Å². The standard InChI is InChI=1S/C13H25N3O/c1-12(6-5-9-15-12)11(17)14-10-13(16(2)3)7-4-8-13/h15H,4-10H2,1-3H3,(H,14,17). The van der Waals surface area contributed by atoms with Gasteiger partial charge in [-0.1, -0.05) is 0 Å². The maximum absolute atomic E-state index is 12.2. The van der Waals surface area contributed by atoms with Crippen LogP contribution in [-0.2, 0) is 4.79 Å². The van der Waals surface area contributed by atoms with E-state index < -0.39 is 0 Å². The quantitative estimate of drug-likeness (QED) is 0.760. The van der Waals surface area contributed by atoms with Crippen LogP contribution in [0.15, 0.2) is 0 Å². The summed E-state index contributed by atoms with van der Waals surface area (Å²) in [5.74, 6) is 0.170. The summed E-state index contributed by atoms with van der Waals surface area (Å²) in [4.78, 5) is 14.4.